The Bertz CT molecular complexity index is 740. The van der Waals surface area contributed by atoms with Crippen LogP contribution in [0.3, 0.4) is 0 Å². The zero-order chi connectivity index (χ0) is 18.2. The molecule has 0 aliphatic rings. The second kappa shape index (κ2) is 8.86. The Labute approximate surface area is 147 Å². The molecule has 0 fully saturated rings. The monoisotopic (exact) mass is 344 g/mol. The van der Waals surface area contributed by atoms with E-state index in [2.05, 4.69) is 22.7 Å². The summed E-state index contributed by atoms with van der Waals surface area (Å²) in [7, 11) is 0. The highest BCUT2D eigenvalue weighted by molar-refractivity contribution is 5.89. The van der Waals surface area contributed by atoms with Crippen LogP contribution in [0.15, 0.2) is 30.5 Å². The van der Waals surface area contributed by atoms with Crippen LogP contribution in [-0.4, -0.2) is 33.4 Å². The van der Waals surface area contributed by atoms with Crippen molar-refractivity contribution in [2.24, 2.45) is 0 Å². The number of aliphatic carboxylic acids is 1. The maximum absolute atomic E-state index is 12.0. The molecule has 1 aromatic carbocycles. The van der Waals surface area contributed by atoms with E-state index in [0.717, 1.165) is 29.8 Å². The van der Waals surface area contributed by atoms with E-state index in [1.807, 2.05) is 35.9 Å². The van der Waals surface area contributed by atoms with Crippen molar-refractivity contribution in [3.05, 3.63) is 41.7 Å². The van der Waals surface area contributed by atoms with Crippen LogP contribution in [0.2, 0.25) is 0 Å². The molecule has 0 aliphatic heterocycles. The van der Waals surface area contributed by atoms with Crippen LogP contribution >= 0.6 is 0 Å². The van der Waals surface area contributed by atoms with Crippen LogP contribution in [0.4, 0.5) is 10.5 Å². The summed E-state index contributed by atoms with van der Waals surface area (Å²) in [6.07, 6.45) is 3.78. The second-order valence-electron chi connectivity index (χ2n) is 5.83. The minimum atomic E-state index is -0.869. The van der Waals surface area contributed by atoms with E-state index >= 15 is 0 Å². The van der Waals surface area contributed by atoms with Gasteiger partial charge in [-0.3, -0.25) is 4.79 Å². The van der Waals surface area contributed by atoms with E-state index in [1.54, 1.807) is 6.20 Å². The summed E-state index contributed by atoms with van der Waals surface area (Å²) in [6, 6.07) is 7.60. The Morgan fingerprint density at radius 2 is 2.04 bits per heavy atom. The maximum atomic E-state index is 12.0. The minimum absolute atomic E-state index is 0.0343. The summed E-state index contributed by atoms with van der Waals surface area (Å²) in [5.41, 5.74) is 3.70. The van der Waals surface area contributed by atoms with Gasteiger partial charge in [-0.05, 0) is 31.4 Å². The van der Waals surface area contributed by atoms with Gasteiger partial charge in [0, 0.05) is 13.0 Å². The summed E-state index contributed by atoms with van der Waals surface area (Å²) in [6.45, 7) is 4.41. The summed E-state index contributed by atoms with van der Waals surface area (Å²) >= 11 is 0. The lowest BCUT2D eigenvalue weighted by Crippen LogP contribution is -2.30. The van der Waals surface area contributed by atoms with Crippen LogP contribution in [-0.2, 0) is 11.2 Å². The third-order valence-corrected chi connectivity index (χ3v) is 3.80. The summed E-state index contributed by atoms with van der Waals surface area (Å²) in [4.78, 5) is 22.5. The summed E-state index contributed by atoms with van der Waals surface area (Å²) in [5.74, 6) is -0.869. The van der Waals surface area contributed by atoms with Crippen molar-refractivity contribution in [2.45, 2.75) is 39.5 Å². The number of hydrogen-bond donors (Lipinski definition) is 3. The number of carbonyl (C=O) groups excluding carboxylic acids is 1. The van der Waals surface area contributed by atoms with Gasteiger partial charge in [-0.25, -0.2) is 9.48 Å². The van der Waals surface area contributed by atoms with Gasteiger partial charge in [-0.15, -0.1) is 0 Å². The lowest BCUT2D eigenvalue weighted by molar-refractivity contribution is -0.137. The Balaban J connectivity index is 2.10. The van der Waals surface area contributed by atoms with Crippen molar-refractivity contribution in [1.82, 2.24) is 15.1 Å². The van der Waals surface area contributed by atoms with Gasteiger partial charge in [-0.2, -0.15) is 5.10 Å². The molecule has 7 heteroatoms. The Morgan fingerprint density at radius 1 is 1.28 bits per heavy atom. The second-order valence-corrected chi connectivity index (χ2v) is 5.83. The summed E-state index contributed by atoms with van der Waals surface area (Å²) in [5, 5.41) is 18.5. The molecule has 0 saturated heterocycles. The SMILES string of the molecule is CCCc1c(NC(=O)NCCCC(=O)O)cnn1-c1ccccc1C. The quantitative estimate of drug-likeness (QED) is 0.641. The average Bonchev–Trinajstić information content (AvgIpc) is 2.95. The van der Waals surface area contributed by atoms with Crippen molar-refractivity contribution < 1.29 is 14.7 Å². The molecule has 1 heterocycles. The van der Waals surface area contributed by atoms with E-state index < -0.39 is 5.97 Å². The number of nitrogens with one attached hydrogen (secondary N) is 2. The van der Waals surface area contributed by atoms with Crippen molar-refractivity contribution >= 4 is 17.7 Å². The highest BCUT2D eigenvalue weighted by Crippen LogP contribution is 2.23. The zero-order valence-corrected chi connectivity index (χ0v) is 14.6. The van der Waals surface area contributed by atoms with Gasteiger partial charge in [0.25, 0.3) is 0 Å². The third-order valence-electron chi connectivity index (χ3n) is 3.80. The highest BCUT2D eigenvalue weighted by Gasteiger charge is 2.14. The number of benzene rings is 1. The first-order valence-electron chi connectivity index (χ1n) is 8.42. The van der Waals surface area contributed by atoms with Gasteiger partial charge in [-0.1, -0.05) is 31.5 Å². The van der Waals surface area contributed by atoms with Crippen LogP contribution in [0.5, 0.6) is 0 Å². The third kappa shape index (κ3) is 5.07. The minimum Gasteiger partial charge on any atom is -0.481 e. The fraction of sp³-hybridized carbons (Fsp3) is 0.389. The fourth-order valence-corrected chi connectivity index (χ4v) is 2.57. The normalized spacial score (nSPS) is 10.5. The van der Waals surface area contributed by atoms with Gasteiger partial charge >= 0.3 is 12.0 Å². The molecule has 0 spiro atoms. The Kier molecular flexibility index (Phi) is 6.56. The molecule has 2 rings (SSSR count). The van der Waals surface area contributed by atoms with Crippen LogP contribution in [0.25, 0.3) is 5.69 Å². The number of aryl methyl sites for hydroxylation is 1. The van der Waals surface area contributed by atoms with Crippen LogP contribution < -0.4 is 10.6 Å². The largest absolute Gasteiger partial charge is 0.481 e. The smallest absolute Gasteiger partial charge is 0.319 e. The van der Waals surface area contributed by atoms with Crippen LogP contribution in [0.1, 0.15) is 37.4 Å². The molecular formula is C18H24N4O3. The Morgan fingerprint density at radius 3 is 2.72 bits per heavy atom. The van der Waals surface area contributed by atoms with E-state index in [4.69, 9.17) is 5.11 Å². The summed E-state index contributed by atoms with van der Waals surface area (Å²) < 4.78 is 1.86. The number of hydrogen-bond acceptors (Lipinski definition) is 3. The molecular weight excluding hydrogens is 320 g/mol. The van der Waals surface area contributed by atoms with Crippen molar-refractivity contribution in [3.63, 3.8) is 0 Å². The standard InChI is InChI=1S/C18H24N4O3/c1-3-7-16-14(21-18(25)19-11-6-10-17(23)24)12-20-22(16)15-9-5-4-8-13(15)2/h4-5,8-9,12H,3,6-7,10-11H2,1-2H3,(H,23,24)(H2,19,21,25). The molecule has 1 aromatic heterocycles. The van der Waals surface area contributed by atoms with Crippen LogP contribution in [0, 0.1) is 6.92 Å². The van der Waals surface area contributed by atoms with Crippen molar-refractivity contribution in [3.8, 4) is 5.69 Å². The number of rotatable bonds is 8. The number of anilines is 1. The van der Waals surface area contributed by atoms with E-state index in [-0.39, 0.29) is 12.5 Å². The molecule has 3 N–H and O–H groups in total. The molecule has 25 heavy (non-hydrogen) atoms. The lowest BCUT2D eigenvalue weighted by atomic mass is 10.1. The van der Waals surface area contributed by atoms with E-state index in [0.29, 0.717) is 18.7 Å². The van der Waals surface area contributed by atoms with Gasteiger partial charge in [0.05, 0.1) is 23.3 Å². The van der Waals surface area contributed by atoms with E-state index in [1.165, 1.54) is 0 Å². The first-order chi connectivity index (χ1) is 12.0. The molecule has 0 aliphatic carbocycles. The molecule has 134 valence electrons. The lowest BCUT2D eigenvalue weighted by Gasteiger charge is -2.12. The van der Waals surface area contributed by atoms with Crippen molar-refractivity contribution in [1.29, 1.82) is 0 Å². The molecule has 0 radical (unpaired) electrons. The zero-order valence-electron chi connectivity index (χ0n) is 14.6. The maximum Gasteiger partial charge on any atom is 0.319 e. The van der Waals surface area contributed by atoms with Gasteiger partial charge in [0.1, 0.15) is 0 Å². The number of nitrogens with zero attached hydrogens (tertiary/aromatic N) is 2. The molecule has 7 nitrogen and oxygen atoms in total. The first-order valence-corrected chi connectivity index (χ1v) is 8.42. The predicted octanol–water partition coefficient (Wildman–Crippen LogP) is 3.12. The number of aromatic nitrogens is 2. The van der Waals surface area contributed by atoms with Gasteiger partial charge in [0.2, 0.25) is 0 Å². The number of amides is 2. The van der Waals surface area contributed by atoms with Gasteiger partial charge in [0.15, 0.2) is 0 Å². The fourth-order valence-electron chi connectivity index (χ4n) is 2.57. The molecule has 2 amide bonds. The number of urea groups is 1. The molecule has 0 atom stereocenters. The van der Waals surface area contributed by atoms with E-state index in [9.17, 15) is 9.59 Å². The molecule has 0 saturated carbocycles. The number of carbonyl (C=O) groups is 2. The number of carboxylic acids is 1. The molecule has 0 bridgehead atoms. The number of carboxylic acid groups (broad SMARTS) is 1. The number of para-hydroxylation sites is 1. The first kappa shape index (κ1) is 18.5. The predicted molar refractivity (Wildman–Crippen MR) is 96.2 cm³/mol. The van der Waals surface area contributed by atoms with Crippen molar-refractivity contribution in [2.75, 3.05) is 11.9 Å². The highest BCUT2D eigenvalue weighted by atomic mass is 16.4. The molecule has 0 unspecified atom stereocenters. The average molecular weight is 344 g/mol. The van der Waals surface area contributed by atoms with Gasteiger partial charge < -0.3 is 15.7 Å². The topological polar surface area (TPSA) is 96.2 Å². The molecule has 2 aromatic rings. The Hall–Kier alpha value is -2.83.